The van der Waals surface area contributed by atoms with Gasteiger partial charge in [-0.25, -0.2) is 9.46 Å². The highest BCUT2D eigenvalue weighted by atomic mass is 31.2. The fraction of sp³-hybridized carbons (Fsp3) is 0.625. The van der Waals surface area contributed by atoms with Crippen LogP contribution in [0.25, 0.3) is 0 Å². The van der Waals surface area contributed by atoms with Crippen LogP contribution in [0.4, 0.5) is 5.82 Å². The van der Waals surface area contributed by atoms with E-state index in [-0.39, 0.29) is 57.0 Å². The lowest BCUT2D eigenvalue weighted by Gasteiger charge is -2.41. The number of nitrogens with zero attached hydrogens (tertiary/aromatic N) is 3. The number of esters is 2. The van der Waals surface area contributed by atoms with Crippen molar-refractivity contribution in [1.82, 2.24) is 14.2 Å². The molecule has 4 aromatic rings. The number of benzene rings is 3. The topological polar surface area (TPSA) is 214 Å². The van der Waals surface area contributed by atoms with Crippen molar-refractivity contribution >= 4 is 52.0 Å². The highest BCUT2D eigenvalue weighted by Crippen LogP contribution is 2.50. The second-order valence-corrected chi connectivity index (χ2v) is 38.0. The van der Waals surface area contributed by atoms with E-state index in [0.29, 0.717) is 11.5 Å². The molecule has 89 heavy (non-hydrogen) atoms. The highest BCUT2D eigenvalue weighted by Gasteiger charge is 2.57. The summed E-state index contributed by atoms with van der Waals surface area (Å²) >= 11 is 0. The second kappa shape index (κ2) is 35.5. The highest BCUT2D eigenvalue weighted by molar-refractivity contribution is 7.44. The van der Waals surface area contributed by atoms with Gasteiger partial charge in [0.05, 0.1) is 40.1 Å². The summed E-state index contributed by atoms with van der Waals surface area (Å²) in [6.07, 6.45) is 8.55. The zero-order chi connectivity index (χ0) is 64.8. The van der Waals surface area contributed by atoms with Crippen molar-refractivity contribution in [2.24, 2.45) is 0 Å². The minimum absolute atomic E-state index is 0.0596. The molecule has 3 aromatic carbocycles. The lowest BCUT2D eigenvalue weighted by atomic mass is 9.77. The summed E-state index contributed by atoms with van der Waals surface area (Å²) in [5.41, 5.74) is 0.634. The average molecular weight is 1310 g/mol. The molecule has 1 saturated heterocycles. The predicted octanol–water partition coefficient (Wildman–Crippen LogP) is 12.6. The summed E-state index contributed by atoms with van der Waals surface area (Å²) in [6.45, 7) is 21.0. The van der Waals surface area contributed by atoms with E-state index in [2.05, 4.69) is 77.0 Å². The Morgan fingerprint density at radius 1 is 0.674 bits per heavy atom. The number of ether oxygens (including phenoxy) is 8. The maximum Gasteiger partial charge on any atom is 0.658 e. The van der Waals surface area contributed by atoms with Gasteiger partial charge in [-0.3, -0.25) is 14.2 Å². The molecule has 0 spiro atoms. The molecule has 0 bridgehead atoms. The van der Waals surface area contributed by atoms with Gasteiger partial charge in [-0.05, 0) is 127 Å². The normalized spacial score (nSPS) is 19.0. The van der Waals surface area contributed by atoms with Gasteiger partial charge >= 0.3 is 26.7 Å². The monoisotopic (exact) mass is 1310 g/mol. The van der Waals surface area contributed by atoms with E-state index in [1.807, 2.05) is 78.9 Å². The molecular weight excluding hydrogens is 1210 g/mol. The van der Waals surface area contributed by atoms with Gasteiger partial charge in [-0.1, -0.05) is 112 Å². The van der Waals surface area contributed by atoms with Crippen molar-refractivity contribution in [1.29, 1.82) is 0 Å². The van der Waals surface area contributed by atoms with E-state index in [9.17, 15) is 9.59 Å². The molecule has 2 heterocycles. The van der Waals surface area contributed by atoms with E-state index in [0.717, 1.165) is 55.2 Å². The summed E-state index contributed by atoms with van der Waals surface area (Å²) < 4.78 is 94.4. The van der Waals surface area contributed by atoms with Crippen molar-refractivity contribution in [2.75, 3.05) is 59.7 Å². The largest absolute Gasteiger partial charge is 0.658 e. The summed E-state index contributed by atoms with van der Waals surface area (Å²) in [5.74, 6) is 0.524. The van der Waals surface area contributed by atoms with Crippen LogP contribution in [0.2, 0.25) is 39.3 Å². The predicted molar refractivity (Wildman–Crippen MR) is 349 cm³/mol. The standard InChI is InChI=1S/C64H101N4O17PSi3/c1-47(2)68(48(3)4)86(74-9)82-59-57(46-79-89(84-87(10,11)12,85-88(13,14)15)83-56-30-26-21-19-17-16-18-20-22-27-31-56)80-61(60(59)81-63(77-44-42-75-49(5)69)78-45-43-76-50(6)70)67-41-40-58(65-62(67)71)66-64(51-28-24-23-25-29-51,52-32-36-54(72-7)37-33-52)53-34-38-55(73-8)39-35-53/h23-25,28-29,32-41,47-48,56-57,59-61,63H,16-22,26-27,30-31,42-46H2,1-15H3,(H,65,66,71)/t57-,59-,60-,61-,86?/m1/s1. The SMILES string of the molecule is COc1ccc(C(Nc2ccn([C@@H]3O[C@H](CO[Si](OC4CCCCCCCCCCC4)(O[Si](C)(C)C)O[Si](C)(C)C)[C@@H](OP(OC)N(C(C)C)C(C)C)[C@H]3OC(OCCOC(C)=O)OCCOC(C)=O)c(=O)n2)(c2ccccc2)c2ccc(OC)cc2)cc1. The number of hydrogen-bond acceptors (Lipinski definition) is 20. The lowest BCUT2D eigenvalue weighted by Crippen LogP contribution is -2.61. The Labute approximate surface area is 533 Å². The molecule has 1 aliphatic carbocycles. The quantitative estimate of drug-likeness (QED) is 0.0117. The molecule has 25 heteroatoms. The third-order valence-corrected chi connectivity index (χ3v) is 24.9. The van der Waals surface area contributed by atoms with Crippen LogP contribution in [0, 0.1) is 0 Å². The molecule has 21 nitrogen and oxygen atoms in total. The first-order valence-corrected chi connectivity index (χ1v) is 41.0. The van der Waals surface area contributed by atoms with E-state index >= 15 is 4.79 Å². The number of hydrogen-bond donors (Lipinski definition) is 1. The number of nitrogens with one attached hydrogen (secondary N) is 1. The maximum atomic E-state index is 15.4. The van der Waals surface area contributed by atoms with E-state index in [1.54, 1.807) is 33.6 Å². The zero-order valence-electron chi connectivity index (χ0n) is 55.3. The molecule has 496 valence electrons. The third-order valence-electron chi connectivity index (χ3n) is 14.8. The molecule has 0 amide bonds. The number of aromatic nitrogens is 2. The molecule has 1 saturated carbocycles. The fourth-order valence-electron chi connectivity index (χ4n) is 11.0. The summed E-state index contributed by atoms with van der Waals surface area (Å²) in [7, 11) is -6.27. The fourth-order valence-corrected chi connectivity index (χ4v) is 21.1. The molecule has 1 unspecified atom stereocenters. The number of rotatable bonds is 33. The van der Waals surface area contributed by atoms with E-state index < -0.39 is 88.4 Å². The molecule has 5 atom stereocenters. The Bertz CT molecular complexity index is 2690. The smallest absolute Gasteiger partial charge is 0.497 e. The number of anilines is 1. The summed E-state index contributed by atoms with van der Waals surface area (Å²) in [4.78, 5) is 44.1. The van der Waals surface area contributed by atoms with E-state index in [4.69, 9.17) is 69.0 Å². The molecule has 1 aliphatic heterocycles. The first kappa shape index (κ1) is 73.6. The van der Waals surface area contributed by atoms with Crippen molar-refractivity contribution in [2.45, 2.75) is 206 Å². The molecule has 2 fully saturated rings. The molecule has 1 N–H and O–H groups in total. The average Bonchev–Trinajstić information content (AvgIpc) is 1.69. The van der Waals surface area contributed by atoms with Crippen LogP contribution >= 0.6 is 8.53 Å². The van der Waals surface area contributed by atoms with Gasteiger partial charge in [0, 0.05) is 39.2 Å². The van der Waals surface area contributed by atoms with Gasteiger partial charge < -0.3 is 69.3 Å². The van der Waals surface area contributed by atoms with Crippen LogP contribution in [-0.4, -0.2) is 149 Å². The van der Waals surface area contributed by atoms with Crippen LogP contribution in [-0.2, 0) is 69.7 Å². The van der Waals surface area contributed by atoms with Crippen LogP contribution in [0.15, 0.2) is 95.9 Å². The third kappa shape index (κ3) is 22.7. The summed E-state index contributed by atoms with van der Waals surface area (Å²) in [5, 5.41) is 3.72. The molecule has 1 aromatic heterocycles. The van der Waals surface area contributed by atoms with Crippen molar-refractivity contribution in [3.8, 4) is 11.5 Å². The lowest BCUT2D eigenvalue weighted by molar-refractivity contribution is -0.320. The summed E-state index contributed by atoms with van der Waals surface area (Å²) in [6, 6.07) is 26.9. The molecule has 6 rings (SSSR count). The Morgan fingerprint density at radius 2 is 1.16 bits per heavy atom. The minimum Gasteiger partial charge on any atom is -0.497 e. The van der Waals surface area contributed by atoms with Gasteiger partial charge in [-0.15, -0.1) is 0 Å². The van der Waals surface area contributed by atoms with Crippen LogP contribution in [0.3, 0.4) is 0 Å². The minimum atomic E-state index is -4.13. The Hall–Kier alpha value is -4.48. The molecule has 2 aliphatic rings. The van der Waals surface area contributed by atoms with Crippen molar-refractivity contribution < 1.29 is 73.6 Å². The molecular formula is C64H101N4O17PSi3. The number of carbonyl (C=O) groups is 2. The van der Waals surface area contributed by atoms with Crippen LogP contribution in [0.1, 0.15) is 135 Å². The van der Waals surface area contributed by atoms with Crippen molar-refractivity contribution in [3.63, 3.8) is 0 Å². The second-order valence-electron chi connectivity index (χ2n) is 24.9. The number of carbonyl (C=O) groups excluding carboxylic acids is 2. The van der Waals surface area contributed by atoms with Crippen LogP contribution in [0.5, 0.6) is 11.5 Å². The van der Waals surface area contributed by atoms with Gasteiger partial charge in [-0.2, -0.15) is 4.98 Å². The molecule has 0 radical (unpaired) electrons. The first-order valence-electron chi connectivity index (χ1n) is 31.4. The Morgan fingerprint density at radius 3 is 1.60 bits per heavy atom. The maximum absolute atomic E-state index is 15.4. The first-order chi connectivity index (χ1) is 42.4. The van der Waals surface area contributed by atoms with Gasteiger partial charge in [0.2, 0.25) is 0 Å². The van der Waals surface area contributed by atoms with Gasteiger partial charge in [0.15, 0.2) is 22.9 Å². The van der Waals surface area contributed by atoms with E-state index in [1.165, 1.54) is 50.5 Å². The Kier molecular flexibility index (Phi) is 29.4. The van der Waals surface area contributed by atoms with Gasteiger partial charge in [0.1, 0.15) is 54.4 Å². The zero-order valence-corrected chi connectivity index (χ0v) is 59.2. The van der Waals surface area contributed by atoms with Gasteiger partial charge in [0.25, 0.3) is 15.0 Å². The number of methoxy groups -OCH3 is 2. The van der Waals surface area contributed by atoms with Crippen LogP contribution < -0.4 is 20.5 Å². The van der Waals surface area contributed by atoms with Crippen molar-refractivity contribution in [3.05, 3.63) is 118 Å². The Balaban J connectivity index is 1.54.